The summed E-state index contributed by atoms with van der Waals surface area (Å²) in [5.74, 6) is 0.730. The van der Waals surface area contributed by atoms with Gasteiger partial charge in [-0.15, -0.1) is 0 Å². The monoisotopic (exact) mass is 281 g/mol. The molecule has 1 atom stereocenters. The van der Waals surface area contributed by atoms with Crippen molar-refractivity contribution in [3.8, 4) is 5.75 Å². The fourth-order valence-electron chi connectivity index (χ4n) is 1.92. The number of aryl methyl sites for hydroxylation is 1. The molecule has 108 valence electrons. The smallest absolute Gasteiger partial charge is 0.276 e. The summed E-state index contributed by atoms with van der Waals surface area (Å²) < 4.78 is 11.4. The number of hydrogen-bond donors (Lipinski definition) is 0. The van der Waals surface area contributed by atoms with E-state index >= 15 is 0 Å². The number of hydrogen-bond acceptors (Lipinski definition) is 2. The fraction of sp³-hybridized carbons (Fsp3) is 0.278. The molecule has 0 radical (unpaired) electrons. The zero-order valence-electron chi connectivity index (χ0n) is 12.2. The summed E-state index contributed by atoms with van der Waals surface area (Å²) in [6, 6.07) is 17.8. The van der Waals surface area contributed by atoms with E-state index in [-0.39, 0.29) is 6.54 Å². The van der Waals surface area contributed by atoms with Crippen molar-refractivity contribution in [2.24, 2.45) is 0 Å². The molecule has 2 rings (SSSR count). The Morgan fingerprint density at radius 3 is 2.33 bits per heavy atom. The van der Waals surface area contributed by atoms with E-state index in [0.717, 1.165) is 17.7 Å². The van der Waals surface area contributed by atoms with Crippen LogP contribution < -0.4 is 4.74 Å². The average molecular weight is 281 g/mol. The van der Waals surface area contributed by atoms with Crippen LogP contribution in [-0.2, 0) is 17.8 Å². The summed E-state index contributed by atoms with van der Waals surface area (Å²) in [7, 11) is 0. The molecule has 0 heterocycles. The molecule has 0 aromatic heterocycles. The summed E-state index contributed by atoms with van der Waals surface area (Å²) in [5, 5.41) is 0. The molecule has 3 nitrogen and oxygen atoms in total. The number of rotatable bonds is 7. The average Bonchev–Trinajstić information content (AvgIpc) is 2.54. The number of nitrogens with zero attached hydrogens (tertiary/aromatic N) is 1. The van der Waals surface area contributed by atoms with Crippen molar-refractivity contribution in [3.63, 3.8) is 0 Å². The van der Waals surface area contributed by atoms with E-state index in [1.165, 1.54) is 5.56 Å². The molecule has 0 saturated heterocycles. The van der Waals surface area contributed by atoms with Crippen LogP contribution in [0, 0.1) is 6.57 Å². The Kier molecular flexibility index (Phi) is 5.81. The summed E-state index contributed by atoms with van der Waals surface area (Å²) in [5.41, 5.74) is 2.33. The molecule has 0 aliphatic heterocycles. The minimum absolute atomic E-state index is 0.183. The zero-order chi connectivity index (χ0) is 14.9. The Labute approximate surface area is 126 Å². The Bertz CT molecular complexity index is 572. The highest BCUT2D eigenvalue weighted by Gasteiger charge is 2.14. The van der Waals surface area contributed by atoms with Gasteiger partial charge in [0.1, 0.15) is 5.75 Å². The predicted octanol–water partition coefficient (Wildman–Crippen LogP) is 4.09. The van der Waals surface area contributed by atoms with Gasteiger partial charge in [0.2, 0.25) is 0 Å². The Balaban J connectivity index is 1.93. The Hall–Kier alpha value is -2.31. The first-order valence-corrected chi connectivity index (χ1v) is 7.06. The Morgan fingerprint density at radius 1 is 1.00 bits per heavy atom. The topological polar surface area (TPSA) is 22.8 Å². The van der Waals surface area contributed by atoms with E-state index in [2.05, 4.69) is 11.8 Å². The first kappa shape index (κ1) is 15.1. The number of benzene rings is 2. The van der Waals surface area contributed by atoms with Gasteiger partial charge in [0, 0.05) is 0 Å². The van der Waals surface area contributed by atoms with Gasteiger partial charge in [-0.25, -0.2) is 6.57 Å². The second kappa shape index (κ2) is 8.08. The van der Waals surface area contributed by atoms with Gasteiger partial charge < -0.3 is 14.3 Å². The summed E-state index contributed by atoms with van der Waals surface area (Å²) in [6.45, 7) is 9.74. The van der Waals surface area contributed by atoms with Crippen LogP contribution in [0.5, 0.6) is 5.75 Å². The standard InChI is InChI=1S/C18H19NO2/c1-3-15-9-11-17(12-10-15)21-18(13-19-2)20-14-16-7-5-4-6-8-16/h4-12,18H,3,13-14H2,1H3. The largest absolute Gasteiger partial charge is 0.457 e. The van der Waals surface area contributed by atoms with Crippen molar-refractivity contribution < 1.29 is 9.47 Å². The maximum atomic E-state index is 7.01. The van der Waals surface area contributed by atoms with Crippen LogP contribution >= 0.6 is 0 Å². The molecule has 0 N–H and O–H groups in total. The van der Waals surface area contributed by atoms with Crippen molar-refractivity contribution in [1.29, 1.82) is 0 Å². The van der Waals surface area contributed by atoms with Crippen molar-refractivity contribution >= 4 is 0 Å². The van der Waals surface area contributed by atoms with Crippen LogP contribution in [0.15, 0.2) is 54.6 Å². The van der Waals surface area contributed by atoms with Gasteiger partial charge >= 0.3 is 0 Å². The third-order valence-electron chi connectivity index (χ3n) is 3.12. The molecular weight excluding hydrogens is 262 g/mol. The summed E-state index contributed by atoms with van der Waals surface area (Å²) in [6.07, 6.45) is 0.450. The minimum Gasteiger partial charge on any atom is -0.457 e. The molecule has 0 bridgehead atoms. The SMILES string of the molecule is [C-]#[N+]CC(OCc1ccccc1)Oc1ccc(CC)cc1. The van der Waals surface area contributed by atoms with Crippen LogP contribution in [0.1, 0.15) is 18.1 Å². The highest BCUT2D eigenvalue weighted by atomic mass is 16.7. The first-order valence-electron chi connectivity index (χ1n) is 7.06. The molecule has 2 aromatic carbocycles. The first-order chi connectivity index (χ1) is 10.3. The molecule has 0 aliphatic rings. The molecule has 0 amide bonds. The second-order valence-electron chi connectivity index (χ2n) is 4.68. The lowest BCUT2D eigenvalue weighted by Crippen LogP contribution is -2.23. The molecule has 0 spiro atoms. The molecule has 2 aromatic rings. The summed E-state index contributed by atoms with van der Waals surface area (Å²) >= 11 is 0. The van der Waals surface area contributed by atoms with Gasteiger partial charge in [0.15, 0.2) is 0 Å². The zero-order valence-corrected chi connectivity index (χ0v) is 12.2. The van der Waals surface area contributed by atoms with E-state index in [9.17, 15) is 0 Å². The predicted molar refractivity (Wildman–Crippen MR) is 82.9 cm³/mol. The van der Waals surface area contributed by atoms with E-state index in [1.807, 2.05) is 54.6 Å². The molecule has 0 fully saturated rings. The lowest BCUT2D eigenvalue weighted by molar-refractivity contribution is -0.0775. The second-order valence-corrected chi connectivity index (χ2v) is 4.68. The van der Waals surface area contributed by atoms with Crippen LogP contribution in [-0.4, -0.2) is 12.8 Å². The molecule has 0 aliphatic carbocycles. The van der Waals surface area contributed by atoms with Gasteiger partial charge in [-0.2, -0.15) is 0 Å². The van der Waals surface area contributed by atoms with Gasteiger partial charge in [-0.3, -0.25) is 0 Å². The highest BCUT2D eigenvalue weighted by Crippen LogP contribution is 2.16. The van der Waals surface area contributed by atoms with Crippen LogP contribution in [0.2, 0.25) is 0 Å². The van der Waals surface area contributed by atoms with Gasteiger partial charge in [0.05, 0.1) is 6.61 Å². The van der Waals surface area contributed by atoms with Crippen molar-refractivity contribution in [2.75, 3.05) is 6.54 Å². The quantitative estimate of drug-likeness (QED) is 0.563. The molecule has 21 heavy (non-hydrogen) atoms. The van der Waals surface area contributed by atoms with Gasteiger partial charge in [0.25, 0.3) is 12.8 Å². The molecule has 0 saturated carbocycles. The van der Waals surface area contributed by atoms with E-state index < -0.39 is 6.29 Å². The number of ether oxygens (including phenoxy) is 2. The Morgan fingerprint density at radius 2 is 1.71 bits per heavy atom. The molecule has 1 unspecified atom stereocenters. The van der Waals surface area contributed by atoms with Crippen LogP contribution in [0.4, 0.5) is 0 Å². The van der Waals surface area contributed by atoms with E-state index in [1.54, 1.807) is 0 Å². The van der Waals surface area contributed by atoms with Gasteiger partial charge in [-0.05, 0) is 29.7 Å². The lowest BCUT2D eigenvalue weighted by Gasteiger charge is -2.15. The van der Waals surface area contributed by atoms with Crippen LogP contribution in [0.25, 0.3) is 4.85 Å². The molecular formula is C18H19NO2. The van der Waals surface area contributed by atoms with Gasteiger partial charge in [-0.1, -0.05) is 49.4 Å². The van der Waals surface area contributed by atoms with E-state index in [0.29, 0.717) is 6.61 Å². The van der Waals surface area contributed by atoms with Crippen molar-refractivity contribution in [2.45, 2.75) is 26.2 Å². The highest BCUT2D eigenvalue weighted by molar-refractivity contribution is 5.27. The van der Waals surface area contributed by atoms with Crippen molar-refractivity contribution in [1.82, 2.24) is 0 Å². The molecule has 3 heteroatoms. The maximum Gasteiger partial charge on any atom is 0.276 e. The fourth-order valence-corrected chi connectivity index (χ4v) is 1.92. The van der Waals surface area contributed by atoms with Crippen LogP contribution in [0.3, 0.4) is 0 Å². The third-order valence-corrected chi connectivity index (χ3v) is 3.12. The lowest BCUT2D eigenvalue weighted by atomic mass is 10.2. The third kappa shape index (κ3) is 4.94. The minimum atomic E-state index is -0.546. The maximum absolute atomic E-state index is 7.01. The van der Waals surface area contributed by atoms with Crippen molar-refractivity contribution in [3.05, 3.63) is 77.1 Å². The normalized spacial score (nSPS) is 11.6. The van der Waals surface area contributed by atoms with E-state index in [4.69, 9.17) is 16.0 Å². The summed E-state index contributed by atoms with van der Waals surface area (Å²) in [4.78, 5) is 3.38.